The van der Waals surface area contributed by atoms with E-state index in [1.807, 2.05) is 0 Å². The summed E-state index contributed by atoms with van der Waals surface area (Å²) in [6.07, 6.45) is 0. The summed E-state index contributed by atoms with van der Waals surface area (Å²) in [5, 5.41) is 13.5. The number of hydrogen-bond donors (Lipinski definition) is 1. The standard InChI is InChI=1S/C13H11ClN4O3/c1-7-5-9(3-4-10(7)18(20)21)12(19)17-13-15-8(2)6-11(14)16-13/h3-6H,1-2H3,(H,15,16,17,19). The number of aromatic nitrogens is 2. The van der Waals surface area contributed by atoms with Gasteiger partial charge in [0.2, 0.25) is 5.95 Å². The Hall–Kier alpha value is -2.54. The highest BCUT2D eigenvalue weighted by molar-refractivity contribution is 6.29. The summed E-state index contributed by atoms with van der Waals surface area (Å²) < 4.78 is 0. The van der Waals surface area contributed by atoms with E-state index in [0.29, 0.717) is 11.3 Å². The predicted molar refractivity (Wildman–Crippen MR) is 77.6 cm³/mol. The predicted octanol–water partition coefficient (Wildman–Crippen LogP) is 2.91. The third kappa shape index (κ3) is 3.51. The SMILES string of the molecule is Cc1cc(Cl)nc(NC(=O)c2ccc([N+](=O)[O-])c(C)c2)n1. The van der Waals surface area contributed by atoms with Crippen LogP contribution in [0.2, 0.25) is 5.15 Å². The highest BCUT2D eigenvalue weighted by Gasteiger charge is 2.14. The molecule has 21 heavy (non-hydrogen) atoms. The summed E-state index contributed by atoms with van der Waals surface area (Å²) in [5.74, 6) is -0.379. The number of nitro benzene ring substituents is 1. The first-order valence-electron chi connectivity index (χ1n) is 5.94. The number of aryl methyl sites for hydroxylation is 2. The van der Waals surface area contributed by atoms with Gasteiger partial charge in [-0.3, -0.25) is 20.2 Å². The lowest BCUT2D eigenvalue weighted by atomic mass is 10.1. The van der Waals surface area contributed by atoms with Gasteiger partial charge in [0, 0.05) is 22.9 Å². The minimum absolute atomic E-state index is 0.0404. The monoisotopic (exact) mass is 306 g/mol. The molecule has 0 bridgehead atoms. The molecule has 0 unspecified atom stereocenters. The average molecular weight is 307 g/mol. The molecule has 1 aromatic carbocycles. The molecule has 8 heteroatoms. The third-order valence-corrected chi connectivity index (χ3v) is 2.90. The van der Waals surface area contributed by atoms with Crippen molar-refractivity contribution in [2.45, 2.75) is 13.8 Å². The maximum Gasteiger partial charge on any atom is 0.272 e. The molecule has 0 fully saturated rings. The van der Waals surface area contributed by atoms with Crippen LogP contribution < -0.4 is 5.32 Å². The fraction of sp³-hybridized carbons (Fsp3) is 0.154. The zero-order valence-electron chi connectivity index (χ0n) is 11.3. The Labute approximate surface area is 125 Å². The lowest BCUT2D eigenvalue weighted by Gasteiger charge is -2.06. The van der Waals surface area contributed by atoms with Crippen LogP contribution in [0, 0.1) is 24.0 Å². The molecule has 7 nitrogen and oxygen atoms in total. The molecule has 1 heterocycles. The van der Waals surface area contributed by atoms with Crippen molar-refractivity contribution >= 4 is 29.1 Å². The first-order valence-corrected chi connectivity index (χ1v) is 6.32. The van der Waals surface area contributed by atoms with Crippen molar-refractivity contribution in [2.24, 2.45) is 0 Å². The summed E-state index contributed by atoms with van der Waals surface area (Å²) in [7, 11) is 0. The average Bonchev–Trinajstić information content (AvgIpc) is 2.36. The summed E-state index contributed by atoms with van der Waals surface area (Å²) in [4.78, 5) is 30.2. The van der Waals surface area contributed by atoms with Crippen LogP contribution in [0.4, 0.5) is 11.6 Å². The number of halogens is 1. The molecule has 0 atom stereocenters. The molecule has 1 aromatic heterocycles. The van der Waals surface area contributed by atoms with Crippen LogP contribution in [0.5, 0.6) is 0 Å². The fourth-order valence-electron chi connectivity index (χ4n) is 1.76. The molecule has 0 aliphatic carbocycles. The number of rotatable bonds is 3. The minimum atomic E-state index is -0.500. The fourth-order valence-corrected chi connectivity index (χ4v) is 2.00. The number of amides is 1. The van der Waals surface area contributed by atoms with Crippen molar-refractivity contribution in [1.29, 1.82) is 0 Å². The van der Waals surface area contributed by atoms with Gasteiger partial charge in [-0.25, -0.2) is 9.97 Å². The first kappa shape index (κ1) is 14.9. The number of anilines is 1. The van der Waals surface area contributed by atoms with E-state index >= 15 is 0 Å². The minimum Gasteiger partial charge on any atom is -0.290 e. The van der Waals surface area contributed by atoms with Crippen LogP contribution in [-0.2, 0) is 0 Å². The van der Waals surface area contributed by atoms with Gasteiger partial charge in [-0.05, 0) is 32.0 Å². The van der Waals surface area contributed by atoms with Gasteiger partial charge in [0.25, 0.3) is 11.6 Å². The van der Waals surface area contributed by atoms with E-state index in [0.717, 1.165) is 0 Å². The molecular weight excluding hydrogens is 296 g/mol. The topological polar surface area (TPSA) is 98.0 Å². The Balaban J connectivity index is 2.24. The molecule has 1 amide bonds. The Morgan fingerprint density at radius 2 is 2.00 bits per heavy atom. The van der Waals surface area contributed by atoms with E-state index in [2.05, 4.69) is 15.3 Å². The molecular formula is C13H11ClN4O3. The molecule has 0 saturated carbocycles. The van der Waals surface area contributed by atoms with Crippen molar-refractivity contribution in [2.75, 3.05) is 5.32 Å². The maximum atomic E-state index is 12.1. The highest BCUT2D eigenvalue weighted by atomic mass is 35.5. The normalized spacial score (nSPS) is 10.2. The van der Waals surface area contributed by atoms with Gasteiger partial charge >= 0.3 is 0 Å². The molecule has 1 N–H and O–H groups in total. The van der Waals surface area contributed by atoms with E-state index in [-0.39, 0.29) is 22.4 Å². The third-order valence-electron chi connectivity index (χ3n) is 2.70. The Morgan fingerprint density at radius 3 is 2.57 bits per heavy atom. The summed E-state index contributed by atoms with van der Waals surface area (Å²) in [5.41, 5.74) is 1.25. The Kier molecular flexibility index (Phi) is 4.13. The summed E-state index contributed by atoms with van der Waals surface area (Å²) in [6.45, 7) is 3.29. The molecule has 0 aliphatic heterocycles. The van der Waals surface area contributed by atoms with Crippen molar-refractivity contribution in [1.82, 2.24) is 9.97 Å². The molecule has 0 aliphatic rings. The van der Waals surface area contributed by atoms with Crippen LogP contribution in [0.25, 0.3) is 0 Å². The van der Waals surface area contributed by atoms with Gasteiger partial charge in [-0.2, -0.15) is 0 Å². The number of nitrogens with one attached hydrogen (secondary N) is 1. The largest absolute Gasteiger partial charge is 0.290 e. The second-order valence-electron chi connectivity index (χ2n) is 4.37. The molecule has 108 valence electrons. The van der Waals surface area contributed by atoms with E-state index in [1.165, 1.54) is 18.2 Å². The van der Waals surface area contributed by atoms with Crippen LogP contribution in [0.1, 0.15) is 21.6 Å². The number of carbonyl (C=O) groups excluding carboxylic acids is 1. The van der Waals surface area contributed by atoms with Crippen molar-refractivity contribution < 1.29 is 9.72 Å². The smallest absolute Gasteiger partial charge is 0.272 e. The van der Waals surface area contributed by atoms with E-state index in [4.69, 9.17) is 11.6 Å². The van der Waals surface area contributed by atoms with Crippen LogP contribution in [-0.4, -0.2) is 20.8 Å². The summed E-state index contributed by atoms with van der Waals surface area (Å²) >= 11 is 5.78. The highest BCUT2D eigenvalue weighted by Crippen LogP contribution is 2.19. The van der Waals surface area contributed by atoms with Gasteiger partial charge in [-0.1, -0.05) is 11.6 Å². The van der Waals surface area contributed by atoms with Gasteiger partial charge in [-0.15, -0.1) is 0 Å². The van der Waals surface area contributed by atoms with Gasteiger partial charge < -0.3 is 0 Å². The van der Waals surface area contributed by atoms with E-state index < -0.39 is 10.8 Å². The number of hydrogen-bond acceptors (Lipinski definition) is 5. The number of benzene rings is 1. The quantitative estimate of drug-likeness (QED) is 0.534. The zero-order chi connectivity index (χ0) is 15.6. The van der Waals surface area contributed by atoms with Crippen molar-refractivity contribution in [3.05, 3.63) is 56.4 Å². The first-order chi connectivity index (χ1) is 9.86. The van der Waals surface area contributed by atoms with Crippen molar-refractivity contribution in [3.8, 4) is 0 Å². The molecule has 0 saturated heterocycles. The lowest BCUT2D eigenvalue weighted by Crippen LogP contribution is -2.15. The van der Waals surface area contributed by atoms with Crippen LogP contribution in [0.3, 0.4) is 0 Å². The van der Waals surface area contributed by atoms with Gasteiger partial charge in [0.1, 0.15) is 5.15 Å². The summed E-state index contributed by atoms with van der Waals surface area (Å²) in [6, 6.07) is 5.66. The van der Waals surface area contributed by atoms with E-state index in [9.17, 15) is 14.9 Å². The lowest BCUT2D eigenvalue weighted by molar-refractivity contribution is -0.385. The maximum absolute atomic E-state index is 12.1. The van der Waals surface area contributed by atoms with Gasteiger partial charge in [0.05, 0.1) is 4.92 Å². The Bertz CT molecular complexity index is 713. The molecule has 2 aromatic rings. The molecule has 0 spiro atoms. The number of nitrogens with zero attached hydrogens (tertiary/aromatic N) is 3. The van der Waals surface area contributed by atoms with Crippen LogP contribution in [0.15, 0.2) is 24.3 Å². The number of nitro groups is 1. The van der Waals surface area contributed by atoms with Crippen LogP contribution >= 0.6 is 11.6 Å². The molecule has 2 rings (SSSR count). The number of carbonyl (C=O) groups is 1. The Morgan fingerprint density at radius 1 is 1.29 bits per heavy atom. The van der Waals surface area contributed by atoms with E-state index in [1.54, 1.807) is 19.9 Å². The molecule has 0 radical (unpaired) electrons. The second kappa shape index (κ2) is 5.84. The van der Waals surface area contributed by atoms with Crippen molar-refractivity contribution in [3.63, 3.8) is 0 Å². The second-order valence-corrected chi connectivity index (χ2v) is 4.76. The van der Waals surface area contributed by atoms with Gasteiger partial charge in [0.15, 0.2) is 0 Å². The zero-order valence-corrected chi connectivity index (χ0v) is 12.0.